The first-order valence-corrected chi connectivity index (χ1v) is 6.22. The van der Waals surface area contributed by atoms with Crippen molar-refractivity contribution in [3.05, 3.63) is 11.6 Å². The summed E-state index contributed by atoms with van der Waals surface area (Å²) in [4.78, 5) is 13.0. The van der Waals surface area contributed by atoms with Crippen molar-refractivity contribution in [1.82, 2.24) is 15.0 Å². The Balaban J connectivity index is 2.42. The molecule has 1 aliphatic rings. The third-order valence-corrected chi connectivity index (χ3v) is 3.55. The molecule has 1 aliphatic carbocycles. The minimum absolute atomic E-state index is 0.306. The molecule has 0 amide bonds. The van der Waals surface area contributed by atoms with Gasteiger partial charge in [-0.25, -0.2) is 4.98 Å². The van der Waals surface area contributed by atoms with Crippen molar-refractivity contribution < 1.29 is 4.74 Å². The third kappa shape index (κ3) is 2.24. The summed E-state index contributed by atoms with van der Waals surface area (Å²) in [6, 6.07) is 0. The second-order valence-electron chi connectivity index (χ2n) is 4.56. The normalized spacial score (nSPS) is 16.2. The van der Waals surface area contributed by atoms with Crippen LogP contribution in [-0.4, -0.2) is 22.1 Å². The highest BCUT2D eigenvalue weighted by molar-refractivity contribution is 5.22. The Labute approximate surface area is 102 Å². The second kappa shape index (κ2) is 4.56. The summed E-state index contributed by atoms with van der Waals surface area (Å²) in [5.74, 6) is 2.29. The van der Waals surface area contributed by atoms with E-state index in [1.165, 1.54) is 0 Å². The molecule has 1 heterocycles. The van der Waals surface area contributed by atoms with Gasteiger partial charge >= 0.3 is 0 Å². The predicted molar refractivity (Wildman–Crippen MR) is 65.5 cm³/mol. The minimum atomic E-state index is -0.430. The van der Waals surface area contributed by atoms with Crippen molar-refractivity contribution in [2.24, 2.45) is 0 Å². The Morgan fingerprint density at radius 1 is 1.24 bits per heavy atom. The zero-order chi connectivity index (χ0) is 12.5. The smallest absolute Gasteiger partial charge is 0.223 e. The average Bonchev–Trinajstić information content (AvgIpc) is 3.15. The van der Waals surface area contributed by atoms with Gasteiger partial charge in [-0.05, 0) is 25.7 Å². The van der Waals surface area contributed by atoms with E-state index in [2.05, 4.69) is 28.8 Å². The van der Waals surface area contributed by atoms with Gasteiger partial charge < -0.3 is 10.5 Å². The molecule has 0 atom stereocenters. The Hall–Kier alpha value is -1.23. The van der Waals surface area contributed by atoms with Gasteiger partial charge in [-0.1, -0.05) is 13.8 Å². The third-order valence-electron chi connectivity index (χ3n) is 3.55. The van der Waals surface area contributed by atoms with E-state index in [1.54, 1.807) is 7.11 Å². The maximum Gasteiger partial charge on any atom is 0.223 e. The van der Waals surface area contributed by atoms with Gasteiger partial charge in [0.05, 0.1) is 0 Å². The first kappa shape index (κ1) is 12.2. The maximum absolute atomic E-state index is 5.77. The summed E-state index contributed by atoms with van der Waals surface area (Å²) < 4.78 is 5.62. The standard InChI is InChI=1S/C12H20N4O/c1-4-12(5-2,17-3)10-14-9(8-6-7-8)15-11(13)16-10/h8H,4-7H2,1-3H3,(H2,13,14,15,16). The van der Waals surface area contributed by atoms with E-state index in [0.29, 0.717) is 17.7 Å². The summed E-state index contributed by atoms with van der Waals surface area (Å²) in [5.41, 5.74) is 5.34. The monoisotopic (exact) mass is 236 g/mol. The molecule has 94 valence electrons. The molecule has 17 heavy (non-hydrogen) atoms. The quantitative estimate of drug-likeness (QED) is 0.846. The lowest BCUT2D eigenvalue weighted by molar-refractivity contribution is -0.0293. The summed E-state index contributed by atoms with van der Waals surface area (Å²) in [7, 11) is 1.70. The van der Waals surface area contributed by atoms with Crippen molar-refractivity contribution >= 4 is 5.95 Å². The van der Waals surface area contributed by atoms with Gasteiger partial charge in [0.2, 0.25) is 5.95 Å². The number of ether oxygens (including phenoxy) is 1. The van der Waals surface area contributed by atoms with Gasteiger partial charge in [0, 0.05) is 13.0 Å². The minimum Gasteiger partial charge on any atom is -0.370 e. The summed E-state index contributed by atoms with van der Waals surface area (Å²) in [5, 5.41) is 0. The van der Waals surface area contributed by atoms with Crippen LogP contribution in [0.2, 0.25) is 0 Å². The van der Waals surface area contributed by atoms with Crippen LogP contribution in [0.4, 0.5) is 5.95 Å². The number of anilines is 1. The summed E-state index contributed by atoms with van der Waals surface area (Å²) in [6.45, 7) is 4.15. The van der Waals surface area contributed by atoms with Crippen LogP contribution < -0.4 is 5.73 Å². The highest BCUT2D eigenvalue weighted by Gasteiger charge is 2.34. The van der Waals surface area contributed by atoms with Crippen molar-refractivity contribution in [2.45, 2.75) is 51.0 Å². The number of nitrogens with zero attached hydrogens (tertiary/aromatic N) is 3. The van der Waals surface area contributed by atoms with E-state index in [-0.39, 0.29) is 0 Å². The van der Waals surface area contributed by atoms with Gasteiger partial charge in [-0.3, -0.25) is 0 Å². The van der Waals surface area contributed by atoms with Crippen LogP contribution in [0.25, 0.3) is 0 Å². The molecule has 0 aromatic carbocycles. The lowest BCUT2D eigenvalue weighted by Crippen LogP contribution is -2.30. The molecule has 2 N–H and O–H groups in total. The summed E-state index contributed by atoms with van der Waals surface area (Å²) in [6.07, 6.45) is 3.96. The summed E-state index contributed by atoms with van der Waals surface area (Å²) >= 11 is 0. The molecule has 0 radical (unpaired) electrons. The number of rotatable bonds is 5. The van der Waals surface area contributed by atoms with E-state index in [4.69, 9.17) is 10.5 Å². The van der Waals surface area contributed by atoms with Gasteiger partial charge in [-0.15, -0.1) is 0 Å². The van der Waals surface area contributed by atoms with E-state index in [0.717, 1.165) is 31.5 Å². The number of nitrogen functional groups attached to an aromatic ring is 1. The number of nitrogens with two attached hydrogens (primary N) is 1. The largest absolute Gasteiger partial charge is 0.370 e. The van der Waals surface area contributed by atoms with Crippen molar-refractivity contribution in [3.8, 4) is 0 Å². The first-order chi connectivity index (χ1) is 8.15. The molecule has 1 fully saturated rings. The number of aromatic nitrogens is 3. The highest BCUT2D eigenvalue weighted by Crippen LogP contribution is 2.39. The molecule has 5 nitrogen and oxygen atoms in total. The predicted octanol–water partition coefficient (Wildman–Crippen LogP) is 1.99. The maximum atomic E-state index is 5.77. The van der Waals surface area contributed by atoms with E-state index >= 15 is 0 Å². The van der Waals surface area contributed by atoms with Gasteiger partial charge in [0.25, 0.3) is 0 Å². The molecular weight excluding hydrogens is 216 g/mol. The van der Waals surface area contributed by atoms with Crippen molar-refractivity contribution in [3.63, 3.8) is 0 Å². The molecule has 0 aliphatic heterocycles. The van der Waals surface area contributed by atoms with Gasteiger partial charge in [-0.2, -0.15) is 9.97 Å². The molecule has 1 saturated carbocycles. The Bertz CT molecular complexity index is 391. The zero-order valence-electron chi connectivity index (χ0n) is 10.7. The lowest BCUT2D eigenvalue weighted by atomic mass is 9.96. The zero-order valence-corrected chi connectivity index (χ0v) is 10.7. The highest BCUT2D eigenvalue weighted by atomic mass is 16.5. The number of hydrogen-bond acceptors (Lipinski definition) is 5. The molecule has 5 heteroatoms. The van der Waals surface area contributed by atoms with E-state index in [1.807, 2.05) is 0 Å². The van der Waals surface area contributed by atoms with Crippen LogP contribution >= 0.6 is 0 Å². The Morgan fingerprint density at radius 2 is 1.88 bits per heavy atom. The van der Waals surface area contributed by atoms with Gasteiger partial charge in [0.1, 0.15) is 11.4 Å². The lowest BCUT2D eigenvalue weighted by Gasteiger charge is -2.28. The van der Waals surface area contributed by atoms with Crippen LogP contribution in [-0.2, 0) is 10.3 Å². The average molecular weight is 236 g/mol. The first-order valence-electron chi connectivity index (χ1n) is 6.22. The fourth-order valence-electron chi connectivity index (χ4n) is 2.08. The second-order valence-corrected chi connectivity index (χ2v) is 4.56. The molecule has 0 spiro atoms. The molecule has 1 aromatic heterocycles. The van der Waals surface area contributed by atoms with Crippen LogP contribution in [0.1, 0.15) is 57.1 Å². The fraction of sp³-hybridized carbons (Fsp3) is 0.750. The van der Waals surface area contributed by atoms with Crippen LogP contribution in [0.15, 0.2) is 0 Å². The van der Waals surface area contributed by atoms with Crippen LogP contribution in [0, 0.1) is 0 Å². The molecule has 0 bridgehead atoms. The van der Waals surface area contributed by atoms with Crippen molar-refractivity contribution in [2.75, 3.05) is 12.8 Å². The molecular formula is C12H20N4O. The van der Waals surface area contributed by atoms with Crippen molar-refractivity contribution in [1.29, 1.82) is 0 Å². The van der Waals surface area contributed by atoms with E-state index < -0.39 is 5.60 Å². The topological polar surface area (TPSA) is 73.9 Å². The van der Waals surface area contributed by atoms with Crippen LogP contribution in [0.3, 0.4) is 0 Å². The molecule has 1 aromatic rings. The fourth-order valence-corrected chi connectivity index (χ4v) is 2.08. The number of hydrogen-bond donors (Lipinski definition) is 1. The molecule has 0 saturated heterocycles. The van der Waals surface area contributed by atoms with Crippen LogP contribution in [0.5, 0.6) is 0 Å². The SMILES string of the molecule is CCC(CC)(OC)c1nc(N)nc(C2CC2)n1. The molecule has 0 unspecified atom stereocenters. The molecule has 2 rings (SSSR count). The van der Waals surface area contributed by atoms with E-state index in [9.17, 15) is 0 Å². The number of methoxy groups -OCH3 is 1. The Morgan fingerprint density at radius 3 is 2.35 bits per heavy atom. The Kier molecular flexibility index (Phi) is 3.28. The van der Waals surface area contributed by atoms with Gasteiger partial charge in [0.15, 0.2) is 5.82 Å².